The number of benzene rings is 2. The number of hydrogen-bond acceptors (Lipinski definition) is 3. The van der Waals surface area contributed by atoms with E-state index < -0.39 is 5.41 Å². The maximum atomic E-state index is 12.1. The van der Waals surface area contributed by atoms with Gasteiger partial charge in [-0.25, -0.2) is 0 Å². The number of aryl methyl sites for hydroxylation is 1. The molecule has 2 N–H and O–H groups in total. The lowest BCUT2D eigenvalue weighted by Gasteiger charge is -2.16. The summed E-state index contributed by atoms with van der Waals surface area (Å²) in [5.41, 5.74) is 2.08. The first-order chi connectivity index (χ1) is 10.3. The zero-order valence-electron chi connectivity index (χ0n) is 12.8. The minimum Gasteiger partial charge on any atom is -0.508 e. The van der Waals surface area contributed by atoms with Crippen molar-refractivity contribution in [2.24, 2.45) is 0 Å². The number of rotatable bonds is 3. The van der Waals surface area contributed by atoms with Crippen molar-refractivity contribution in [2.45, 2.75) is 26.2 Å². The van der Waals surface area contributed by atoms with Gasteiger partial charge in [-0.05, 0) is 56.2 Å². The maximum absolute atomic E-state index is 12.1. The smallest absolute Gasteiger partial charge is 0.255 e. The number of nitriles is 1. The molecule has 0 atom stereocenters. The molecule has 0 heterocycles. The van der Waals surface area contributed by atoms with Gasteiger partial charge >= 0.3 is 0 Å². The van der Waals surface area contributed by atoms with Crippen LogP contribution in [-0.2, 0) is 5.41 Å². The largest absolute Gasteiger partial charge is 0.508 e. The van der Waals surface area contributed by atoms with Crippen LogP contribution in [0.1, 0.15) is 35.3 Å². The molecule has 4 nitrogen and oxygen atoms in total. The van der Waals surface area contributed by atoms with Crippen LogP contribution in [0.3, 0.4) is 0 Å². The molecule has 0 aliphatic heterocycles. The first-order valence-corrected chi connectivity index (χ1v) is 6.96. The van der Waals surface area contributed by atoms with E-state index in [-0.39, 0.29) is 11.7 Å². The lowest BCUT2D eigenvalue weighted by Crippen LogP contribution is -2.15. The number of anilines is 1. The number of carbonyl (C=O) groups is 1. The molecule has 4 heteroatoms. The second-order valence-corrected chi connectivity index (χ2v) is 5.77. The van der Waals surface area contributed by atoms with Crippen molar-refractivity contribution in [3.63, 3.8) is 0 Å². The van der Waals surface area contributed by atoms with E-state index in [4.69, 9.17) is 5.26 Å². The molecule has 0 aromatic heterocycles. The first kappa shape index (κ1) is 15.6. The molecule has 112 valence electrons. The Morgan fingerprint density at radius 2 is 1.82 bits per heavy atom. The van der Waals surface area contributed by atoms with E-state index in [0.717, 1.165) is 11.1 Å². The Kier molecular flexibility index (Phi) is 4.18. The van der Waals surface area contributed by atoms with Crippen molar-refractivity contribution in [1.82, 2.24) is 0 Å². The molecule has 2 rings (SSSR count). The number of nitrogens with zero attached hydrogens (tertiary/aromatic N) is 1. The molecule has 2 aromatic rings. The number of aromatic hydroxyl groups is 1. The van der Waals surface area contributed by atoms with Gasteiger partial charge in [0.15, 0.2) is 0 Å². The third-order valence-corrected chi connectivity index (χ3v) is 3.62. The third kappa shape index (κ3) is 3.26. The van der Waals surface area contributed by atoms with E-state index in [0.29, 0.717) is 11.3 Å². The van der Waals surface area contributed by atoms with Gasteiger partial charge in [0.2, 0.25) is 0 Å². The Morgan fingerprint density at radius 1 is 1.18 bits per heavy atom. The molecule has 0 aliphatic rings. The molecule has 2 aromatic carbocycles. The van der Waals surface area contributed by atoms with Crippen molar-refractivity contribution >= 4 is 11.6 Å². The summed E-state index contributed by atoms with van der Waals surface area (Å²) in [7, 11) is 0. The Balaban J connectivity index is 2.15. The highest BCUT2D eigenvalue weighted by molar-refractivity contribution is 6.04. The lowest BCUT2D eigenvalue weighted by atomic mass is 9.86. The maximum Gasteiger partial charge on any atom is 0.255 e. The molecule has 0 fully saturated rings. The summed E-state index contributed by atoms with van der Waals surface area (Å²) in [5, 5.41) is 21.5. The Bertz CT molecular complexity index is 741. The van der Waals surface area contributed by atoms with Crippen LogP contribution in [0, 0.1) is 18.3 Å². The van der Waals surface area contributed by atoms with Gasteiger partial charge in [0.1, 0.15) is 5.75 Å². The molecule has 22 heavy (non-hydrogen) atoms. The summed E-state index contributed by atoms with van der Waals surface area (Å²) in [5.74, 6) is -0.193. The number of phenolic OH excluding ortho intramolecular Hbond substituents is 1. The molecule has 0 spiro atoms. The first-order valence-electron chi connectivity index (χ1n) is 6.96. The van der Waals surface area contributed by atoms with E-state index in [2.05, 4.69) is 11.4 Å². The summed E-state index contributed by atoms with van der Waals surface area (Å²) in [6, 6.07) is 14.2. The fourth-order valence-electron chi connectivity index (χ4n) is 1.99. The summed E-state index contributed by atoms with van der Waals surface area (Å²) < 4.78 is 0. The standard InChI is InChI=1S/C18H18N2O2/c1-12-4-5-13(10-16(12)21)17(22)20-15-8-6-14(7-9-15)18(2,3)11-19/h4-10,21H,1-3H3,(H,20,22). The topological polar surface area (TPSA) is 73.1 Å². The molecular formula is C18H18N2O2. The second-order valence-electron chi connectivity index (χ2n) is 5.77. The minimum atomic E-state index is -0.564. The van der Waals surface area contributed by atoms with Crippen molar-refractivity contribution in [3.8, 4) is 11.8 Å². The molecule has 0 radical (unpaired) electrons. The van der Waals surface area contributed by atoms with Crippen LogP contribution in [0.15, 0.2) is 42.5 Å². The van der Waals surface area contributed by atoms with Crippen LogP contribution in [0.2, 0.25) is 0 Å². The highest BCUT2D eigenvalue weighted by Gasteiger charge is 2.19. The highest BCUT2D eigenvalue weighted by atomic mass is 16.3. The number of carbonyl (C=O) groups excluding carboxylic acids is 1. The number of amides is 1. The molecule has 0 saturated heterocycles. The fraction of sp³-hybridized carbons (Fsp3) is 0.222. The normalized spacial score (nSPS) is 10.8. The minimum absolute atomic E-state index is 0.0961. The average Bonchev–Trinajstić information content (AvgIpc) is 2.50. The zero-order valence-corrected chi connectivity index (χ0v) is 12.8. The molecule has 0 aliphatic carbocycles. The van der Waals surface area contributed by atoms with Crippen LogP contribution in [0.25, 0.3) is 0 Å². The predicted octanol–water partition coefficient (Wildman–Crippen LogP) is 3.75. The molecular weight excluding hydrogens is 276 g/mol. The summed E-state index contributed by atoms with van der Waals surface area (Å²) in [6.45, 7) is 5.46. The van der Waals surface area contributed by atoms with Crippen molar-refractivity contribution in [1.29, 1.82) is 5.26 Å². The van der Waals surface area contributed by atoms with Gasteiger partial charge in [0.05, 0.1) is 11.5 Å². The monoisotopic (exact) mass is 294 g/mol. The van der Waals surface area contributed by atoms with Crippen molar-refractivity contribution in [3.05, 3.63) is 59.2 Å². The molecule has 0 unspecified atom stereocenters. The second kappa shape index (κ2) is 5.90. The van der Waals surface area contributed by atoms with Crippen molar-refractivity contribution < 1.29 is 9.90 Å². The van der Waals surface area contributed by atoms with E-state index >= 15 is 0 Å². The predicted molar refractivity (Wildman–Crippen MR) is 85.9 cm³/mol. The van der Waals surface area contributed by atoms with Gasteiger partial charge in [0.25, 0.3) is 5.91 Å². The summed E-state index contributed by atoms with van der Waals surface area (Å²) in [6.07, 6.45) is 0. The summed E-state index contributed by atoms with van der Waals surface area (Å²) >= 11 is 0. The zero-order chi connectivity index (χ0) is 16.3. The Hall–Kier alpha value is -2.80. The van der Waals surface area contributed by atoms with Gasteiger partial charge in [-0.2, -0.15) is 5.26 Å². The van der Waals surface area contributed by atoms with Crippen LogP contribution in [-0.4, -0.2) is 11.0 Å². The SMILES string of the molecule is Cc1ccc(C(=O)Nc2ccc(C(C)(C)C#N)cc2)cc1O. The van der Waals surface area contributed by atoms with Crippen LogP contribution >= 0.6 is 0 Å². The van der Waals surface area contributed by atoms with E-state index in [1.807, 2.05) is 26.0 Å². The van der Waals surface area contributed by atoms with Gasteiger partial charge in [-0.1, -0.05) is 18.2 Å². The van der Waals surface area contributed by atoms with Gasteiger partial charge < -0.3 is 10.4 Å². The van der Waals surface area contributed by atoms with Crippen molar-refractivity contribution in [2.75, 3.05) is 5.32 Å². The average molecular weight is 294 g/mol. The van der Waals surface area contributed by atoms with Crippen LogP contribution in [0.4, 0.5) is 5.69 Å². The number of nitrogens with one attached hydrogen (secondary N) is 1. The third-order valence-electron chi connectivity index (χ3n) is 3.62. The lowest BCUT2D eigenvalue weighted by molar-refractivity contribution is 0.102. The highest BCUT2D eigenvalue weighted by Crippen LogP contribution is 2.24. The van der Waals surface area contributed by atoms with E-state index in [9.17, 15) is 9.90 Å². The number of hydrogen-bond donors (Lipinski definition) is 2. The Labute approximate surface area is 130 Å². The number of phenols is 1. The van der Waals surface area contributed by atoms with Gasteiger partial charge in [-0.15, -0.1) is 0 Å². The fourth-order valence-corrected chi connectivity index (χ4v) is 1.99. The molecule has 0 bridgehead atoms. The van der Waals surface area contributed by atoms with E-state index in [1.54, 1.807) is 31.2 Å². The molecule has 1 amide bonds. The summed E-state index contributed by atoms with van der Waals surface area (Å²) in [4.78, 5) is 12.1. The molecule has 0 saturated carbocycles. The quantitative estimate of drug-likeness (QED) is 0.905. The van der Waals surface area contributed by atoms with Crippen LogP contribution in [0.5, 0.6) is 5.75 Å². The van der Waals surface area contributed by atoms with Crippen LogP contribution < -0.4 is 5.32 Å². The Morgan fingerprint density at radius 3 is 2.36 bits per heavy atom. The van der Waals surface area contributed by atoms with Gasteiger partial charge in [-0.3, -0.25) is 4.79 Å². The van der Waals surface area contributed by atoms with E-state index in [1.165, 1.54) is 6.07 Å². The van der Waals surface area contributed by atoms with Gasteiger partial charge in [0, 0.05) is 11.3 Å².